The summed E-state index contributed by atoms with van der Waals surface area (Å²) in [5.74, 6) is -1.26. The summed E-state index contributed by atoms with van der Waals surface area (Å²) in [5, 5.41) is 30.5. The van der Waals surface area contributed by atoms with Gasteiger partial charge in [-0.3, -0.25) is 4.79 Å². The molecule has 0 bridgehead atoms. The van der Waals surface area contributed by atoms with Crippen molar-refractivity contribution in [3.05, 3.63) is 12.2 Å². The highest BCUT2D eigenvalue weighted by Crippen LogP contribution is 2.35. The topological polar surface area (TPSA) is 96.2 Å². The number of fused-ring (bicyclic) bond motifs is 1. The van der Waals surface area contributed by atoms with Crippen LogP contribution in [0.15, 0.2) is 12.2 Å². The van der Waals surface area contributed by atoms with Crippen LogP contribution in [0.25, 0.3) is 0 Å². The molecular weight excluding hydrogens is 300 g/mol. The maximum atomic E-state index is 11.7. The summed E-state index contributed by atoms with van der Waals surface area (Å²) in [7, 11) is 0. The fourth-order valence-electron chi connectivity index (χ4n) is 3.32. The molecule has 0 radical (unpaired) electrons. The largest absolute Gasteiger partial charge is 0.460 e. The summed E-state index contributed by atoms with van der Waals surface area (Å²) < 4.78 is 10.9. The number of esters is 1. The molecule has 0 unspecified atom stereocenters. The lowest BCUT2D eigenvalue weighted by Crippen LogP contribution is -2.55. The average Bonchev–Trinajstić information content (AvgIpc) is 2.75. The third-order valence-corrected chi connectivity index (χ3v) is 4.91. The molecule has 2 aliphatic heterocycles. The van der Waals surface area contributed by atoms with Gasteiger partial charge in [-0.2, -0.15) is 0 Å². The van der Waals surface area contributed by atoms with E-state index in [4.69, 9.17) is 9.47 Å². The fraction of sp³-hybridized carbons (Fsp3) is 0.824. The number of ether oxygens (including phenoxy) is 2. The molecule has 6 heteroatoms. The van der Waals surface area contributed by atoms with Gasteiger partial charge in [0.1, 0.15) is 30.3 Å². The molecule has 0 amide bonds. The zero-order valence-corrected chi connectivity index (χ0v) is 14.2. The van der Waals surface area contributed by atoms with Crippen LogP contribution >= 0.6 is 0 Å². The number of hydrogen-bond donors (Lipinski definition) is 3. The predicted octanol–water partition coefficient (Wildman–Crippen LogP) is 0.780. The molecule has 0 spiro atoms. The molecule has 132 valence electrons. The van der Waals surface area contributed by atoms with Crippen LogP contribution in [-0.2, 0) is 14.3 Å². The summed E-state index contributed by atoms with van der Waals surface area (Å²) >= 11 is 0. The first-order valence-corrected chi connectivity index (χ1v) is 8.29. The van der Waals surface area contributed by atoms with E-state index < -0.39 is 48.0 Å². The average molecular weight is 328 g/mol. The van der Waals surface area contributed by atoms with Gasteiger partial charge in [0, 0.05) is 0 Å². The van der Waals surface area contributed by atoms with E-state index in [1.807, 2.05) is 19.9 Å². The van der Waals surface area contributed by atoms with Crippen LogP contribution in [0.4, 0.5) is 0 Å². The van der Waals surface area contributed by atoms with Gasteiger partial charge >= 0.3 is 5.97 Å². The van der Waals surface area contributed by atoms with Crippen LogP contribution in [0.3, 0.4) is 0 Å². The normalized spacial score (nSPS) is 41.4. The van der Waals surface area contributed by atoms with Gasteiger partial charge in [0.05, 0.1) is 11.7 Å². The molecule has 6 nitrogen and oxygen atoms in total. The summed E-state index contributed by atoms with van der Waals surface area (Å²) in [5.41, 5.74) is -0.735. The van der Waals surface area contributed by atoms with Crippen LogP contribution in [0.5, 0.6) is 0 Å². The molecule has 2 aliphatic rings. The lowest BCUT2D eigenvalue weighted by atomic mass is 9.85. The van der Waals surface area contributed by atoms with Gasteiger partial charge < -0.3 is 24.8 Å². The fourth-order valence-corrected chi connectivity index (χ4v) is 3.32. The van der Waals surface area contributed by atoms with E-state index in [0.29, 0.717) is 12.8 Å². The number of hydrogen-bond acceptors (Lipinski definition) is 6. The molecule has 2 fully saturated rings. The lowest BCUT2D eigenvalue weighted by molar-refractivity contribution is -0.180. The van der Waals surface area contributed by atoms with Crippen LogP contribution in [0.2, 0.25) is 0 Å². The maximum absolute atomic E-state index is 11.7. The molecule has 23 heavy (non-hydrogen) atoms. The third-order valence-electron chi connectivity index (χ3n) is 4.91. The molecule has 2 rings (SSSR count). The third kappa shape index (κ3) is 3.94. The van der Waals surface area contributed by atoms with Crippen LogP contribution < -0.4 is 0 Å². The smallest absolute Gasteiger partial charge is 0.314 e. The van der Waals surface area contributed by atoms with Crippen molar-refractivity contribution in [1.29, 1.82) is 0 Å². The molecule has 8 atom stereocenters. The molecule has 0 aromatic heterocycles. The van der Waals surface area contributed by atoms with Gasteiger partial charge in [-0.25, -0.2) is 0 Å². The van der Waals surface area contributed by atoms with E-state index >= 15 is 0 Å². The van der Waals surface area contributed by atoms with E-state index in [0.717, 1.165) is 0 Å². The Kier molecular flexibility index (Phi) is 5.51. The molecule has 2 heterocycles. The zero-order valence-electron chi connectivity index (χ0n) is 14.2. The van der Waals surface area contributed by atoms with Gasteiger partial charge in [0.2, 0.25) is 0 Å². The molecule has 3 N–H and O–H groups in total. The Morgan fingerprint density at radius 2 is 2.00 bits per heavy atom. The highest BCUT2D eigenvalue weighted by atomic mass is 16.6. The minimum atomic E-state index is -1.20. The number of aliphatic hydroxyl groups excluding tert-OH is 2. The van der Waals surface area contributed by atoms with Crippen molar-refractivity contribution in [1.82, 2.24) is 0 Å². The number of aliphatic hydroxyl groups is 3. The molecule has 0 aromatic carbocycles. The van der Waals surface area contributed by atoms with Crippen molar-refractivity contribution in [3.8, 4) is 0 Å². The van der Waals surface area contributed by atoms with Gasteiger partial charge in [0.25, 0.3) is 0 Å². The summed E-state index contributed by atoms with van der Waals surface area (Å²) in [6, 6.07) is 0. The lowest BCUT2D eigenvalue weighted by Gasteiger charge is -2.37. The highest BCUT2D eigenvalue weighted by molar-refractivity contribution is 5.76. The second kappa shape index (κ2) is 6.89. The van der Waals surface area contributed by atoms with Crippen LogP contribution in [0, 0.1) is 11.8 Å². The first kappa shape index (κ1) is 18.4. The number of rotatable bonds is 5. The quantitative estimate of drug-likeness (QED) is 0.510. The summed E-state index contributed by atoms with van der Waals surface area (Å²) in [6.07, 6.45) is 0.760. The van der Waals surface area contributed by atoms with Gasteiger partial charge in [-0.15, -0.1) is 0 Å². The van der Waals surface area contributed by atoms with E-state index in [2.05, 4.69) is 0 Å². The first-order chi connectivity index (χ1) is 10.7. The van der Waals surface area contributed by atoms with E-state index in [-0.39, 0.29) is 5.92 Å². The highest BCUT2D eigenvalue weighted by Gasteiger charge is 2.54. The number of carbonyl (C=O) groups is 1. The number of cyclic esters (lactones) is 1. The second-order valence-electron chi connectivity index (χ2n) is 7.13. The van der Waals surface area contributed by atoms with Crippen molar-refractivity contribution in [2.75, 3.05) is 0 Å². The minimum Gasteiger partial charge on any atom is -0.460 e. The second-order valence-corrected chi connectivity index (χ2v) is 7.13. The van der Waals surface area contributed by atoms with Crippen molar-refractivity contribution in [3.63, 3.8) is 0 Å². The Hall–Kier alpha value is -0.950. The summed E-state index contributed by atoms with van der Waals surface area (Å²) in [4.78, 5) is 11.7. The first-order valence-electron chi connectivity index (χ1n) is 8.29. The molecule has 2 saturated heterocycles. The van der Waals surface area contributed by atoms with E-state index in [1.165, 1.54) is 0 Å². The van der Waals surface area contributed by atoms with Crippen LogP contribution in [0.1, 0.15) is 40.5 Å². The Balaban J connectivity index is 2.03. The predicted molar refractivity (Wildman–Crippen MR) is 83.6 cm³/mol. The van der Waals surface area contributed by atoms with Crippen molar-refractivity contribution < 1.29 is 29.6 Å². The molecule has 0 aliphatic carbocycles. The number of allylic oxidation sites excluding steroid dienone is 1. The zero-order chi connectivity index (χ0) is 17.4. The molecule has 0 aromatic rings. The standard InChI is InChI=1S/C17H28O6/c1-5-17(4,21)8-9(2)6-7-11-13(18)14(19)12-15(23-11)10(3)22-16(12)20/h6-7,9-15,18-19,21H,5,8H2,1-4H3/b7-6-/t9-,10+,11+,12-,13+,14+,15-,17+/m0/s1. The minimum absolute atomic E-state index is 0.0921. The monoisotopic (exact) mass is 328 g/mol. The van der Waals surface area contributed by atoms with E-state index in [1.54, 1.807) is 19.9 Å². The van der Waals surface area contributed by atoms with Crippen LogP contribution in [-0.4, -0.2) is 57.4 Å². The Labute approximate surface area is 137 Å². The van der Waals surface area contributed by atoms with Gasteiger partial charge in [-0.1, -0.05) is 26.0 Å². The Bertz CT molecular complexity index is 460. The summed E-state index contributed by atoms with van der Waals surface area (Å²) in [6.45, 7) is 7.41. The Morgan fingerprint density at radius 3 is 2.61 bits per heavy atom. The molecular formula is C17H28O6. The molecule has 0 saturated carbocycles. The van der Waals surface area contributed by atoms with Gasteiger partial charge in [0.15, 0.2) is 0 Å². The van der Waals surface area contributed by atoms with Crippen molar-refractivity contribution in [2.45, 2.75) is 76.7 Å². The van der Waals surface area contributed by atoms with Gasteiger partial charge in [-0.05, 0) is 32.6 Å². The van der Waals surface area contributed by atoms with E-state index in [9.17, 15) is 20.1 Å². The van der Waals surface area contributed by atoms with Crippen molar-refractivity contribution in [2.24, 2.45) is 11.8 Å². The maximum Gasteiger partial charge on any atom is 0.314 e. The van der Waals surface area contributed by atoms with Crippen molar-refractivity contribution >= 4 is 5.97 Å². The SMILES string of the molecule is CC[C@@](C)(O)C[C@@H](C)/C=C\[C@H]1O[C@@H]2[C@@H](C(=O)O[C@@H]2C)[C@@H](O)[C@@H]1O. The number of carbonyl (C=O) groups excluding carboxylic acids is 1. The Morgan fingerprint density at radius 1 is 1.35 bits per heavy atom.